The molecule has 15 nitrogen and oxygen atoms in total. The van der Waals surface area contributed by atoms with E-state index in [2.05, 4.69) is 5.32 Å². The van der Waals surface area contributed by atoms with E-state index in [9.17, 15) is 32.4 Å². The van der Waals surface area contributed by atoms with Crippen LogP contribution in [-0.4, -0.2) is 74.7 Å². The number of halogens is 2. The molecule has 1 aromatic heterocycles. The van der Waals surface area contributed by atoms with Gasteiger partial charge in [-0.2, -0.15) is 0 Å². The molecule has 1 heterocycles. The number of amides is 1. The molecule has 0 saturated carbocycles. The van der Waals surface area contributed by atoms with Crippen molar-refractivity contribution < 1.29 is 55.8 Å². The van der Waals surface area contributed by atoms with Gasteiger partial charge in [0.2, 0.25) is 16.8 Å². The number of nitrogens with zero attached hydrogens (tertiary/aromatic N) is 1. The molecular weight excluding hydrogens is 757 g/mol. The van der Waals surface area contributed by atoms with Crippen LogP contribution in [0.2, 0.25) is 10.0 Å². The van der Waals surface area contributed by atoms with Crippen LogP contribution in [-0.2, 0) is 45.1 Å². The van der Waals surface area contributed by atoms with Crippen molar-refractivity contribution in [3.05, 3.63) is 81.7 Å². The van der Waals surface area contributed by atoms with Gasteiger partial charge in [-0.05, 0) is 83.4 Å². The van der Waals surface area contributed by atoms with E-state index in [0.29, 0.717) is 35.6 Å². The molecule has 1 unspecified atom stereocenters. The first-order valence-electron chi connectivity index (χ1n) is 16.2. The quantitative estimate of drug-likeness (QED) is 0.0372. The number of rotatable bonds is 18. The zero-order valence-electron chi connectivity index (χ0n) is 29.5. The number of primary sulfonamides is 1. The smallest absolute Gasteiger partial charge is 0.413 e. The van der Waals surface area contributed by atoms with Crippen molar-refractivity contribution in [2.45, 2.75) is 76.4 Å². The Bertz CT molecular complexity index is 1880. The third-order valence-corrected chi connectivity index (χ3v) is 9.01. The van der Waals surface area contributed by atoms with E-state index in [4.69, 9.17) is 51.7 Å². The first-order chi connectivity index (χ1) is 24.9. The lowest BCUT2D eigenvalue weighted by atomic mass is 9.98. The molecule has 1 amide bonds. The summed E-state index contributed by atoms with van der Waals surface area (Å²) in [5.41, 5.74) is -0.443. The van der Waals surface area contributed by atoms with Crippen LogP contribution < -0.4 is 10.5 Å². The predicted molar refractivity (Wildman–Crippen MR) is 193 cm³/mol. The Morgan fingerprint density at radius 3 is 2.21 bits per heavy atom. The summed E-state index contributed by atoms with van der Waals surface area (Å²) in [6.45, 7) is 5.96. The topological polar surface area (TPSA) is 211 Å². The molecule has 0 spiro atoms. The first kappa shape index (κ1) is 42.8. The van der Waals surface area contributed by atoms with Gasteiger partial charge >= 0.3 is 24.0 Å². The van der Waals surface area contributed by atoms with Gasteiger partial charge < -0.3 is 28.7 Å². The molecule has 3 aromatic rings. The molecule has 53 heavy (non-hydrogen) atoms. The SMILES string of the molecule is CC(C(=O)c1cccc(Cl)c1)N(C(=O)OCOC(=O)CC(=O)OCCCCCOC(=O)c1cc(S(N)(=O)=O)c(Cl)cc1NCc1ccco1)C(C)(C)C. The lowest BCUT2D eigenvalue weighted by molar-refractivity contribution is -0.160. The van der Waals surface area contributed by atoms with Gasteiger partial charge in [0.15, 0.2) is 5.78 Å². The summed E-state index contributed by atoms with van der Waals surface area (Å²) in [5.74, 6) is -2.51. The Balaban J connectivity index is 1.38. The van der Waals surface area contributed by atoms with Gasteiger partial charge in [0, 0.05) is 16.1 Å². The second-order valence-corrected chi connectivity index (χ2v) is 14.9. The summed E-state index contributed by atoms with van der Waals surface area (Å²) in [5, 5.41) is 8.38. The van der Waals surface area contributed by atoms with Gasteiger partial charge in [0.1, 0.15) is 17.1 Å². The van der Waals surface area contributed by atoms with E-state index in [-0.39, 0.29) is 41.8 Å². The molecule has 0 aliphatic carbocycles. The summed E-state index contributed by atoms with van der Waals surface area (Å²) < 4.78 is 49.5. The molecule has 288 valence electrons. The standard InChI is InChI=1S/C35H41Cl2N3O12S/c1-22(32(43)23-10-8-11-24(36)16-23)40(35(2,3)4)34(45)52-21-51-31(42)19-30(41)49-13-6-5-7-14-50-33(44)26-17-29(53(38,46)47)27(37)18-28(26)39-20-25-12-9-15-48-25/h8-12,15-18,22,39H,5-7,13-14,19-21H2,1-4H3,(H2,38,46,47). The lowest BCUT2D eigenvalue weighted by Gasteiger charge is -2.38. The Kier molecular flexibility index (Phi) is 15.7. The number of carbonyl (C=O) groups excluding carboxylic acids is 5. The van der Waals surface area contributed by atoms with Gasteiger partial charge in [-0.3, -0.25) is 19.3 Å². The Morgan fingerprint density at radius 2 is 1.58 bits per heavy atom. The first-order valence-corrected chi connectivity index (χ1v) is 18.6. The molecule has 0 aliphatic heterocycles. The number of furan rings is 1. The normalized spacial score (nSPS) is 12.0. The fraction of sp³-hybridized carbons (Fsp3) is 0.400. The molecule has 3 N–H and O–H groups in total. The lowest BCUT2D eigenvalue weighted by Crippen LogP contribution is -2.53. The van der Waals surface area contributed by atoms with Gasteiger partial charge in [-0.25, -0.2) is 23.1 Å². The van der Waals surface area contributed by atoms with Crippen LogP contribution in [0.3, 0.4) is 0 Å². The van der Waals surface area contributed by atoms with Gasteiger partial charge in [-0.15, -0.1) is 0 Å². The second kappa shape index (κ2) is 19.4. The van der Waals surface area contributed by atoms with Crippen molar-refractivity contribution in [2.75, 3.05) is 25.3 Å². The predicted octanol–water partition coefficient (Wildman–Crippen LogP) is 6.12. The van der Waals surface area contributed by atoms with Crippen molar-refractivity contribution in [1.29, 1.82) is 0 Å². The van der Waals surface area contributed by atoms with Crippen molar-refractivity contribution in [3.8, 4) is 0 Å². The molecule has 2 aromatic carbocycles. The van der Waals surface area contributed by atoms with Crippen LogP contribution in [0.15, 0.2) is 64.1 Å². The highest BCUT2D eigenvalue weighted by Gasteiger charge is 2.36. The molecule has 18 heteroatoms. The van der Waals surface area contributed by atoms with Crippen molar-refractivity contribution >= 4 is 68.7 Å². The highest BCUT2D eigenvalue weighted by Crippen LogP contribution is 2.29. The fourth-order valence-electron chi connectivity index (χ4n) is 4.94. The average molecular weight is 799 g/mol. The molecule has 0 aliphatic rings. The molecule has 3 rings (SSSR count). The monoisotopic (exact) mass is 797 g/mol. The van der Waals surface area contributed by atoms with Gasteiger partial charge in [0.25, 0.3) is 0 Å². The number of anilines is 1. The van der Waals surface area contributed by atoms with Crippen molar-refractivity contribution in [2.24, 2.45) is 5.14 Å². The number of hydrogen-bond donors (Lipinski definition) is 2. The van der Waals surface area contributed by atoms with E-state index >= 15 is 0 Å². The van der Waals surface area contributed by atoms with Crippen LogP contribution in [0.25, 0.3) is 0 Å². The maximum atomic E-state index is 13.0. The zero-order chi connectivity index (χ0) is 39.3. The maximum Gasteiger partial charge on any atom is 0.413 e. The zero-order valence-corrected chi connectivity index (χ0v) is 31.8. The number of unbranched alkanes of at least 4 members (excludes halogenated alkanes) is 2. The summed E-state index contributed by atoms with van der Waals surface area (Å²) in [6.07, 6.45) is 1.04. The molecule has 1 atom stereocenters. The van der Waals surface area contributed by atoms with E-state index in [0.717, 1.165) is 6.07 Å². The van der Waals surface area contributed by atoms with Crippen LogP contribution >= 0.6 is 23.2 Å². The molecule has 0 fully saturated rings. The number of ether oxygens (including phenoxy) is 4. The Labute approximate surface area is 317 Å². The van der Waals surface area contributed by atoms with Crippen LogP contribution in [0.1, 0.15) is 79.9 Å². The summed E-state index contributed by atoms with van der Waals surface area (Å²) in [4.78, 5) is 63.9. The highest BCUT2D eigenvalue weighted by molar-refractivity contribution is 7.89. The number of Topliss-reactive ketones (excluding diaryl/α,β-unsaturated/α-hetero) is 1. The number of esters is 3. The fourth-order valence-corrected chi connectivity index (χ4v) is 6.23. The Morgan fingerprint density at radius 1 is 0.906 bits per heavy atom. The van der Waals surface area contributed by atoms with E-state index in [1.807, 2.05) is 0 Å². The molecule has 0 radical (unpaired) electrons. The third-order valence-electron chi connectivity index (χ3n) is 7.40. The van der Waals surface area contributed by atoms with Gasteiger partial charge in [-0.1, -0.05) is 35.3 Å². The average Bonchev–Trinajstić information content (AvgIpc) is 3.59. The van der Waals surface area contributed by atoms with Gasteiger partial charge in [0.05, 0.1) is 48.3 Å². The van der Waals surface area contributed by atoms with E-state index in [1.54, 1.807) is 58.0 Å². The maximum absolute atomic E-state index is 13.0. The molecule has 0 saturated heterocycles. The second-order valence-electron chi connectivity index (χ2n) is 12.5. The number of nitrogens with two attached hydrogens (primary N) is 1. The summed E-state index contributed by atoms with van der Waals surface area (Å²) in [7, 11) is -4.24. The van der Waals surface area contributed by atoms with E-state index < -0.39 is 63.7 Å². The van der Waals surface area contributed by atoms with Crippen LogP contribution in [0, 0.1) is 0 Å². The minimum Gasteiger partial charge on any atom is -0.467 e. The number of benzene rings is 2. The number of sulfonamides is 1. The van der Waals surface area contributed by atoms with Crippen LogP contribution in [0.5, 0.6) is 0 Å². The summed E-state index contributed by atoms with van der Waals surface area (Å²) in [6, 6.07) is 11.0. The number of carbonyl (C=O) groups is 5. The number of hydrogen-bond acceptors (Lipinski definition) is 13. The minimum absolute atomic E-state index is 0.0378. The van der Waals surface area contributed by atoms with E-state index in [1.165, 1.54) is 23.3 Å². The van der Waals surface area contributed by atoms with Crippen molar-refractivity contribution in [1.82, 2.24) is 4.90 Å². The number of ketones is 1. The number of nitrogens with one attached hydrogen (secondary N) is 1. The van der Waals surface area contributed by atoms with Crippen LogP contribution in [0.4, 0.5) is 10.5 Å². The largest absolute Gasteiger partial charge is 0.467 e. The van der Waals surface area contributed by atoms with Crippen molar-refractivity contribution in [3.63, 3.8) is 0 Å². The molecular formula is C35H41Cl2N3O12S. The highest BCUT2D eigenvalue weighted by atomic mass is 35.5. The third kappa shape index (κ3) is 13.4. The minimum atomic E-state index is -4.24. The Hall–Kier alpha value is -4.64. The molecule has 0 bridgehead atoms. The summed E-state index contributed by atoms with van der Waals surface area (Å²) >= 11 is 12.1.